The van der Waals surface area contributed by atoms with Gasteiger partial charge in [0.2, 0.25) is 0 Å². The molecule has 4 aromatic rings. The van der Waals surface area contributed by atoms with Gasteiger partial charge in [0.05, 0.1) is 0 Å². The minimum atomic E-state index is 0. The third-order valence-electron chi connectivity index (χ3n) is 4.98. The van der Waals surface area contributed by atoms with Crippen LogP contribution in [0.5, 0.6) is 5.75 Å². The molecule has 0 atom stereocenters. The summed E-state index contributed by atoms with van der Waals surface area (Å²) in [6.45, 7) is 1.97. The van der Waals surface area contributed by atoms with Gasteiger partial charge in [0, 0.05) is 49.3 Å². The number of hydrogen-bond acceptors (Lipinski definition) is 2. The minimum Gasteiger partial charge on any atom is -0.489 e. The van der Waals surface area contributed by atoms with Gasteiger partial charge in [-0.3, -0.25) is 0 Å². The van der Waals surface area contributed by atoms with Crippen molar-refractivity contribution in [3.05, 3.63) is 98.1 Å². The first-order valence-corrected chi connectivity index (χ1v) is 11.3. The van der Waals surface area contributed by atoms with Crippen molar-refractivity contribution in [2.45, 2.75) is 19.6 Å². The Morgan fingerprint density at radius 3 is 2.61 bits per heavy atom. The topological polar surface area (TPSA) is 37.0 Å². The predicted molar refractivity (Wildman–Crippen MR) is 136 cm³/mol. The first-order chi connectivity index (χ1) is 14.6. The fourth-order valence-corrected chi connectivity index (χ4v) is 4.28. The third kappa shape index (κ3) is 6.18. The fraction of sp³-hybridized carbons (Fsp3) is 0.167. The Hall–Kier alpha value is -1.69. The molecule has 0 unspecified atom stereocenters. The van der Waals surface area contributed by atoms with E-state index in [1.54, 1.807) is 6.07 Å². The van der Waals surface area contributed by atoms with Crippen molar-refractivity contribution in [1.29, 1.82) is 0 Å². The summed E-state index contributed by atoms with van der Waals surface area (Å²) in [6, 6.07) is 19.9. The van der Waals surface area contributed by atoms with Gasteiger partial charge < -0.3 is 15.0 Å². The van der Waals surface area contributed by atoms with Gasteiger partial charge in [0.25, 0.3) is 0 Å². The number of aromatic nitrogens is 1. The van der Waals surface area contributed by atoms with Gasteiger partial charge in [-0.05, 0) is 54.9 Å². The highest BCUT2D eigenvalue weighted by molar-refractivity contribution is 9.10. The molecule has 2 N–H and O–H groups in total. The van der Waals surface area contributed by atoms with E-state index >= 15 is 0 Å². The second-order valence-electron chi connectivity index (χ2n) is 7.06. The molecule has 0 aliphatic rings. The maximum atomic E-state index is 6.27. The van der Waals surface area contributed by atoms with Crippen molar-refractivity contribution in [3.8, 4) is 5.75 Å². The average molecular weight is 541 g/mol. The van der Waals surface area contributed by atoms with Crippen LogP contribution >= 0.6 is 51.5 Å². The zero-order valence-electron chi connectivity index (χ0n) is 16.6. The van der Waals surface area contributed by atoms with Gasteiger partial charge in [-0.1, -0.05) is 63.4 Å². The van der Waals surface area contributed by atoms with E-state index in [1.165, 1.54) is 16.5 Å². The SMILES string of the molecule is Cl.Clc1ccc(COc2ccc(Br)cc2CNCCc2c[nH]c3ccccc23)c(Cl)c1. The van der Waals surface area contributed by atoms with Gasteiger partial charge >= 0.3 is 0 Å². The molecule has 0 saturated heterocycles. The summed E-state index contributed by atoms with van der Waals surface area (Å²) < 4.78 is 7.09. The summed E-state index contributed by atoms with van der Waals surface area (Å²) in [5.41, 5.74) is 4.49. The first kappa shape index (κ1) is 24.0. The molecule has 0 bridgehead atoms. The maximum absolute atomic E-state index is 6.27. The molecule has 0 aliphatic heterocycles. The number of H-pyrrole nitrogens is 1. The van der Waals surface area contributed by atoms with Gasteiger partial charge in [-0.15, -0.1) is 12.4 Å². The zero-order chi connectivity index (χ0) is 20.9. The van der Waals surface area contributed by atoms with Gasteiger partial charge in [-0.25, -0.2) is 0 Å². The zero-order valence-corrected chi connectivity index (χ0v) is 20.5. The number of nitrogens with one attached hydrogen (secondary N) is 2. The van der Waals surface area contributed by atoms with Gasteiger partial charge in [0.15, 0.2) is 0 Å². The molecule has 31 heavy (non-hydrogen) atoms. The molecule has 4 rings (SSSR count). The molecule has 7 heteroatoms. The van der Waals surface area contributed by atoms with E-state index in [0.29, 0.717) is 23.2 Å². The van der Waals surface area contributed by atoms with E-state index in [0.717, 1.165) is 34.3 Å². The Bertz CT molecular complexity index is 1160. The second kappa shape index (κ2) is 11.3. The van der Waals surface area contributed by atoms with Crippen molar-refractivity contribution in [2.75, 3.05) is 6.54 Å². The number of hydrogen-bond donors (Lipinski definition) is 2. The van der Waals surface area contributed by atoms with E-state index in [1.807, 2.05) is 30.3 Å². The third-order valence-corrected chi connectivity index (χ3v) is 6.06. The molecule has 0 saturated carbocycles. The Balaban J connectivity index is 0.00000272. The van der Waals surface area contributed by atoms with Crippen LogP contribution in [0.3, 0.4) is 0 Å². The van der Waals surface area contributed by atoms with Crippen LogP contribution in [-0.4, -0.2) is 11.5 Å². The standard InChI is InChI=1S/C24H21BrCl2N2O.ClH/c25-19-6-8-24(30-15-17-5-7-20(26)12-22(17)27)18(11-19)13-28-10-9-16-14-29-23-4-2-1-3-21(16)23;/h1-8,11-12,14,28-29H,9-10,13,15H2;1H. The predicted octanol–water partition coefficient (Wildman–Crippen LogP) is 7.57. The monoisotopic (exact) mass is 538 g/mol. The summed E-state index contributed by atoms with van der Waals surface area (Å²) in [5.74, 6) is 0.837. The quantitative estimate of drug-likeness (QED) is 0.226. The molecule has 3 aromatic carbocycles. The number of ether oxygens (including phenoxy) is 1. The fourth-order valence-electron chi connectivity index (χ4n) is 3.41. The number of rotatable bonds is 8. The van der Waals surface area contributed by atoms with Crippen LogP contribution in [0.1, 0.15) is 16.7 Å². The number of benzene rings is 3. The number of fused-ring (bicyclic) bond motifs is 1. The average Bonchev–Trinajstić information content (AvgIpc) is 3.15. The number of halogens is 4. The largest absolute Gasteiger partial charge is 0.489 e. The lowest BCUT2D eigenvalue weighted by molar-refractivity contribution is 0.302. The lowest BCUT2D eigenvalue weighted by atomic mass is 10.1. The van der Waals surface area contributed by atoms with Crippen molar-refractivity contribution >= 4 is 62.4 Å². The van der Waals surface area contributed by atoms with Crippen molar-refractivity contribution < 1.29 is 4.74 Å². The molecule has 0 amide bonds. The summed E-state index contributed by atoms with van der Waals surface area (Å²) in [5, 5.41) is 6.04. The molecular weight excluding hydrogens is 519 g/mol. The molecule has 162 valence electrons. The van der Waals surface area contributed by atoms with Crippen LogP contribution in [0.4, 0.5) is 0 Å². The number of para-hydroxylation sites is 1. The van der Waals surface area contributed by atoms with Crippen molar-refractivity contribution in [3.63, 3.8) is 0 Å². The van der Waals surface area contributed by atoms with Crippen molar-refractivity contribution in [1.82, 2.24) is 10.3 Å². The maximum Gasteiger partial charge on any atom is 0.124 e. The Kier molecular flexibility index (Phi) is 8.70. The molecule has 1 aromatic heterocycles. The van der Waals surface area contributed by atoms with Crippen LogP contribution in [0, 0.1) is 0 Å². The van der Waals surface area contributed by atoms with E-state index in [-0.39, 0.29) is 12.4 Å². The van der Waals surface area contributed by atoms with Crippen LogP contribution in [-0.2, 0) is 19.6 Å². The molecule has 0 radical (unpaired) electrons. The Morgan fingerprint density at radius 2 is 1.77 bits per heavy atom. The molecule has 0 aliphatic carbocycles. The highest BCUT2D eigenvalue weighted by atomic mass is 79.9. The summed E-state index contributed by atoms with van der Waals surface area (Å²) in [6.07, 6.45) is 3.05. The minimum absolute atomic E-state index is 0. The van der Waals surface area contributed by atoms with Gasteiger partial charge in [0.1, 0.15) is 12.4 Å². The van der Waals surface area contributed by atoms with Crippen LogP contribution < -0.4 is 10.1 Å². The van der Waals surface area contributed by atoms with E-state index in [9.17, 15) is 0 Å². The normalized spacial score (nSPS) is 10.8. The smallest absolute Gasteiger partial charge is 0.124 e. The van der Waals surface area contributed by atoms with Crippen LogP contribution in [0.25, 0.3) is 10.9 Å². The Labute approximate surface area is 206 Å². The Morgan fingerprint density at radius 1 is 0.935 bits per heavy atom. The van der Waals surface area contributed by atoms with E-state index in [4.69, 9.17) is 27.9 Å². The van der Waals surface area contributed by atoms with E-state index < -0.39 is 0 Å². The number of aromatic amines is 1. The molecule has 3 nitrogen and oxygen atoms in total. The molecule has 0 spiro atoms. The summed E-state index contributed by atoms with van der Waals surface area (Å²) >= 11 is 15.8. The summed E-state index contributed by atoms with van der Waals surface area (Å²) in [7, 11) is 0. The highest BCUT2D eigenvalue weighted by Gasteiger charge is 2.08. The molecule has 0 fully saturated rings. The lowest BCUT2D eigenvalue weighted by Gasteiger charge is -2.14. The lowest BCUT2D eigenvalue weighted by Crippen LogP contribution is -2.17. The second-order valence-corrected chi connectivity index (χ2v) is 8.82. The highest BCUT2D eigenvalue weighted by Crippen LogP contribution is 2.27. The summed E-state index contributed by atoms with van der Waals surface area (Å²) in [4.78, 5) is 3.33. The van der Waals surface area contributed by atoms with Crippen LogP contribution in [0.15, 0.2) is 71.3 Å². The molecular formula is C24H22BrCl3N2O. The van der Waals surface area contributed by atoms with Crippen molar-refractivity contribution in [2.24, 2.45) is 0 Å². The first-order valence-electron chi connectivity index (χ1n) is 9.71. The van der Waals surface area contributed by atoms with Crippen LogP contribution in [0.2, 0.25) is 10.0 Å². The molecule has 1 heterocycles. The van der Waals surface area contributed by atoms with E-state index in [2.05, 4.69) is 56.7 Å². The van der Waals surface area contributed by atoms with Gasteiger partial charge in [-0.2, -0.15) is 0 Å².